The molecule has 0 amide bonds. The van der Waals surface area contributed by atoms with Gasteiger partial charge in [0.2, 0.25) is 0 Å². The average molecular weight is 352 g/mol. The molecule has 0 aromatic heterocycles. The largest absolute Gasteiger partial charge is 0.463 e. The lowest BCUT2D eigenvalue weighted by Crippen LogP contribution is -2.10. The molecule has 134 valence electrons. The predicted molar refractivity (Wildman–Crippen MR) is 97.0 cm³/mol. The van der Waals surface area contributed by atoms with Crippen LogP contribution in [-0.4, -0.2) is 31.3 Å². The van der Waals surface area contributed by atoms with E-state index >= 15 is 0 Å². The molecular weight excluding hydrogens is 332 g/mol. The van der Waals surface area contributed by atoms with E-state index < -0.39 is 5.97 Å². The lowest BCUT2D eigenvalue weighted by molar-refractivity contribution is -0.144. The van der Waals surface area contributed by atoms with E-state index in [-0.39, 0.29) is 12.1 Å². The van der Waals surface area contributed by atoms with Crippen LogP contribution < -0.4 is 4.74 Å². The second-order valence-electron chi connectivity index (χ2n) is 6.00. The molecule has 2 aromatic carbocycles. The first-order valence-electron chi connectivity index (χ1n) is 8.45. The Morgan fingerprint density at radius 3 is 2.65 bits per heavy atom. The van der Waals surface area contributed by atoms with E-state index in [0.717, 1.165) is 11.1 Å². The van der Waals surface area contributed by atoms with Crippen molar-refractivity contribution < 1.29 is 23.8 Å². The second-order valence-corrected chi connectivity index (χ2v) is 6.00. The number of rotatable bonds is 8. The standard InChI is InChI=1S/C21H20O5/c1-2-15-4-3-5-17(12-15)21(23)26-18-9-6-16(7-10-18)8-11-20(22)25-14-19-13-24-19/h2-7,9-10,12,19H,1,8,11,13-14H2. The van der Waals surface area contributed by atoms with Gasteiger partial charge in [-0.05, 0) is 41.8 Å². The summed E-state index contributed by atoms with van der Waals surface area (Å²) in [5, 5.41) is 0. The molecule has 0 radical (unpaired) electrons. The van der Waals surface area contributed by atoms with Crippen LogP contribution in [0.4, 0.5) is 0 Å². The first-order valence-corrected chi connectivity index (χ1v) is 8.45. The highest BCUT2D eigenvalue weighted by atomic mass is 16.6. The van der Waals surface area contributed by atoms with Gasteiger partial charge < -0.3 is 14.2 Å². The van der Waals surface area contributed by atoms with E-state index in [1.807, 2.05) is 18.2 Å². The summed E-state index contributed by atoms with van der Waals surface area (Å²) in [5.41, 5.74) is 2.29. The fourth-order valence-corrected chi connectivity index (χ4v) is 2.35. The quantitative estimate of drug-likeness (QED) is 0.414. The molecule has 5 nitrogen and oxygen atoms in total. The number of hydrogen-bond acceptors (Lipinski definition) is 5. The zero-order valence-corrected chi connectivity index (χ0v) is 14.4. The number of benzene rings is 2. The van der Waals surface area contributed by atoms with Gasteiger partial charge in [0.25, 0.3) is 0 Å². The third-order valence-corrected chi connectivity index (χ3v) is 3.94. The minimum Gasteiger partial charge on any atom is -0.463 e. The number of carbonyl (C=O) groups is 2. The van der Waals surface area contributed by atoms with E-state index in [1.54, 1.807) is 36.4 Å². The molecule has 1 unspecified atom stereocenters. The number of epoxide rings is 1. The van der Waals surface area contributed by atoms with E-state index in [4.69, 9.17) is 14.2 Å². The molecule has 5 heteroatoms. The Morgan fingerprint density at radius 2 is 1.96 bits per heavy atom. The van der Waals surface area contributed by atoms with Gasteiger partial charge >= 0.3 is 11.9 Å². The number of aryl methyl sites for hydroxylation is 1. The SMILES string of the molecule is C=Cc1cccc(C(=O)Oc2ccc(CCC(=O)OCC3CO3)cc2)c1. The minimum atomic E-state index is -0.424. The van der Waals surface area contributed by atoms with Crippen molar-refractivity contribution in [2.24, 2.45) is 0 Å². The van der Waals surface area contributed by atoms with E-state index in [1.165, 1.54) is 0 Å². The van der Waals surface area contributed by atoms with E-state index in [9.17, 15) is 9.59 Å². The van der Waals surface area contributed by atoms with Gasteiger partial charge in [-0.1, -0.05) is 36.9 Å². The van der Waals surface area contributed by atoms with Crippen LogP contribution in [0.15, 0.2) is 55.1 Å². The van der Waals surface area contributed by atoms with Crippen molar-refractivity contribution in [2.45, 2.75) is 18.9 Å². The second kappa shape index (κ2) is 8.45. The zero-order valence-electron chi connectivity index (χ0n) is 14.4. The van der Waals surface area contributed by atoms with Crippen molar-refractivity contribution in [3.8, 4) is 5.75 Å². The topological polar surface area (TPSA) is 65.1 Å². The third kappa shape index (κ3) is 5.29. The molecule has 1 aliphatic heterocycles. The Kier molecular flexibility index (Phi) is 5.81. The van der Waals surface area contributed by atoms with Crippen molar-refractivity contribution in [3.63, 3.8) is 0 Å². The number of esters is 2. The van der Waals surface area contributed by atoms with Gasteiger partial charge in [-0.25, -0.2) is 4.79 Å². The Morgan fingerprint density at radius 1 is 1.19 bits per heavy atom. The third-order valence-electron chi connectivity index (χ3n) is 3.94. The van der Waals surface area contributed by atoms with Gasteiger partial charge in [0.05, 0.1) is 12.2 Å². The first-order chi connectivity index (χ1) is 12.6. The molecular formula is C21H20O5. The first kappa shape index (κ1) is 17.9. The fourth-order valence-electron chi connectivity index (χ4n) is 2.35. The maximum absolute atomic E-state index is 12.2. The summed E-state index contributed by atoms with van der Waals surface area (Å²) >= 11 is 0. The summed E-state index contributed by atoms with van der Waals surface area (Å²) in [6.07, 6.45) is 2.63. The lowest BCUT2D eigenvalue weighted by atomic mass is 10.1. The fraction of sp³-hybridized carbons (Fsp3) is 0.238. The maximum atomic E-state index is 12.2. The van der Waals surface area contributed by atoms with Crippen molar-refractivity contribution in [3.05, 3.63) is 71.8 Å². The van der Waals surface area contributed by atoms with Crippen LogP contribution in [0.3, 0.4) is 0 Å². The molecule has 0 bridgehead atoms. The van der Waals surface area contributed by atoms with Crippen LogP contribution in [0, 0.1) is 0 Å². The van der Waals surface area contributed by atoms with Gasteiger partial charge in [0, 0.05) is 6.42 Å². The van der Waals surface area contributed by atoms with Crippen molar-refractivity contribution >= 4 is 18.0 Å². The van der Waals surface area contributed by atoms with Gasteiger partial charge in [0.15, 0.2) is 0 Å². The van der Waals surface area contributed by atoms with Crippen LogP contribution >= 0.6 is 0 Å². The Labute approximate surface area is 152 Å². The van der Waals surface area contributed by atoms with Crippen molar-refractivity contribution in [1.82, 2.24) is 0 Å². The van der Waals surface area contributed by atoms with Crippen LogP contribution in [0.25, 0.3) is 6.08 Å². The predicted octanol–water partition coefficient (Wildman–Crippen LogP) is 3.42. The molecule has 0 saturated carbocycles. The van der Waals surface area contributed by atoms with Gasteiger partial charge in [-0.3, -0.25) is 4.79 Å². The summed E-state index contributed by atoms with van der Waals surface area (Å²) in [6, 6.07) is 14.2. The monoisotopic (exact) mass is 352 g/mol. The molecule has 0 N–H and O–H groups in total. The smallest absolute Gasteiger partial charge is 0.343 e. The number of ether oxygens (including phenoxy) is 3. The Balaban J connectivity index is 1.49. The van der Waals surface area contributed by atoms with Gasteiger partial charge in [-0.15, -0.1) is 0 Å². The highest BCUT2D eigenvalue weighted by Crippen LogP contribution is 2.16. The molecule has 0 aliphatic carbocycles. The molecule has 1 fully saturated rings. The van der Waals surface area contributed by atoms with Crippen LogP contribution in [-0.2, 0) is 20.7 Å². The maximum Gasteiger partial charge on any atom is 0.343 e. The lowest BCUT2D eigenvalue weighted by Gasteiger charge is -2.07. The van der Waals surface area contributed by atoms with Crippen LogP contribution in [0.5, 0.6) is 5.75 Å². The van der Waals surface area contributed by atoms with Gasteiger partial charge in [0.1, 0.15) is 18.5 Å². The Bertz CT molecular complexity index is 790. The summed E-state index contributed by atoms with van der Waals surface area (Å²) in [7, 11) is 0. The highest BCUT2D eigenvalue weighted by molar-refractivity contribution is 5.91. The Hall–Kier alpha value is -2.92. The summed E-state index contributed by atoms with van der Waals surface area (Å²) in [4.78, 5) is 23.8. The molecule has 1 aliphatic rings. The summed E-state index contributed by atoms with van der Waals surface area (Å²) in [5.74, 6) is -0.207. The molecule has 1 saturated heterocycles. The van der Waals surface area contributed by atoms with Crippen molar-refractivity contribution in [2.75, 3.05) is 13.2 Å². The number of carbonyl (C=O) groups excluding carboxylic acids is 2. The van der Waals surface area contributed by atoms with Crippen LogP contribution in [0.2, 0.25) is 0 Å². The molecule has 2 aromatic rings. The van der Waals surface area contributed by atoms with Crippen LogP contribution in [0.1, 0.15) is 27.9 Å². The summed E-state index contributed by atoms with van der Waals surface area (Å²) in [6.45, 7) is 4.69. The number of hydrogen-bond donors (Lipinski definition) is 0. The molecule has 1 atom stereocenters. The molecule has 26 heavy (non-hydrogen) atoms. The minimum absolute atomic E-state index is 0.0834. The molecule has 3 rings (SSSR count). The zero-order chi connectivity index (χ0) is 18.4. The van der Waals surface area contributed by atoms with E-state index in [2.05, 4.69) is 6.58 Å². The summed E-state index contributed by atoms with van der Waals surface area (Å²) < 4.78 is 15.5. The van der Waals surface area contributed by atoms with E-state index in [0.29, 0.717) is 37.4 Å². The van der Waals surface area contributed by atoms with Gasteiger partial charge in [-0.2, -0.15) is 0 Å². The highest BCUT2D eigenvalue weighted by Gasteiger charge is 2.24. The normalized spacial score (nSPS) is 15.2. The molecule has 1 heterocycles. The average Bonchev–Trinajstić information content (AvgIpc) is 3.50. The molecule has 0 spiro atoms. The van der Waals surface area contributed by atoms with Crippen molar-refractivity contribution in [1.29, 1.82) is 0 Å².